The minimum Gasteiger partial charge on any atom is -0.368 e. The zero-order chi connectivity index (χ0) is 16.6. The fourth-order valence-corrected chi connectivity index (χ4v) is 2.48. The molecule has 0 radical (unpaired) electrons. The van der Waals surface area contributed by atoms with Crippen LogP contribution in [0.2, 0.25) is 0 Å². The number of rotatable bonds is 2. The lowest BCUT2D eigenvalue weighted by Gasteiger charge is -2.34. The Morgan fingerprint density at radius 2 is 2.17 bits per heavy atom. The third-order valence-corrected chi connectivity index (χ3v) is 3.50. The van der Waals surface area contributed by atoms with Gasteiger partial charge in [0.05, 0.1) is 6.54 Å². The first-order chi connectivity index (χ1) is 11.0. The second kappa shape index (κ2) is 5.56. The molecule has 3 N–H and O–H groups in total. The van der Waals surface area contributed by atoms with E-state index in [0.717, 1.165) is 5.56 Å². The molecule has 1 aromatic heterocycles. The van der Waals surface area contributed by atoms with Crippen LogP contribution in [0.1, 0.15) is 12.5 Å². The Labute approximate surface area is 132 Å². The smallest absolute Gasteiger partial charge is 0.330 e. The Morgan fingerprint density at radius 1 is 1.39 bits per heavy atom. The molecule has 0 saturated carbocycles. The molecule has 2 aromatic rings. The van der Waals surface area contributed by atoms with Crippen molar-refractivity contribution in [2.75, 3.05) is 27.9 Å². The van der Waals surface area contributed by atoms with Gasteiger partial charge in [0.25, 0.3) is 0 Å². The van der Waals surface area contributed by atoms with E-state index in [4.69, 9.17) is 5.73 Å². The molecule has 3 amide bonds. The Bertz CT molecular complexity index is 791. The number of amides is 3. The predicted octanol–water partition coefficient (Wildman–Crippen LogP) is 1.59. The van der Waals surface area contributed by atoms with Crippen molar-refractivity contribution in [3.05, 3.63) is 36.0 Å². The molecule has 0 bridgehead atoms. The van der Waals surface area contributed by atoms with Gasteiger partial charge in [-0.15, -0.1) is 0 Å². The summed E-state index contributed by atoms with van der Waals surface area (Å²) in [6.45, 7) is 1.77. The summed E-state index contributed by atoms with van der Waals surface area (Å²) in [6.07, 6.45) is 1.62. The molecule has 0 fully saturated rings. The summed E-state index contributed by atoms with van der Waals surface area (Å²) in [5, 5.41) is 2.71. The largest absolute Gasteiger partial charge is 0.368 e. The standard InChI is InChI=1S/C15H16N6O2/c1-9(22)18-11-4-3-5-12(6-11)21-8-10-7-17-14(16)19-13(10)20(2)15(21)23/h3-7H,8H2,1-2H3,(H,18,22)(H2,16,17,19). The molecule has 0 saturated heterocycles. The first-order valence-electron chi connectivity index (χ1n) is 7.00. The zero-order valence-electron chi connectivity index (χ0n) is 12.8. The van der Waals surface area contributed by atoms with Gasteiger partial charge in [-0.25, -0.2) is 9.78 Å². The number of carbonyl (C=O) groups excluding carboxylic acids is 2. The number of fused-ring (bicyclic) bond motifs is 1. The van der Waals surface area contributed by atoms with Crippen LogP contribution in [0.5, 0.6) is 0 Å². The number of nitrogens with zero attached hydrogens (tertiary/aromatic N) is 4. The van der Waals surface area contributed by atoms with Crippen LogP contribution in [-0.4, -0.2) is 29.0 Å². The van der Waals surface area contributed by atoms with E-state index in [1.54, 1.807) is 42.4 Å². The highest BCUT2D eigenvalue weighted by molar-refractivity contribution is 6.05. The van der Waals surface area contributed by atoms with Crippen LogP contribution in [0.25, 0.3) is 0 Å². The zero-order valence-corrected chi connectivity index (χ0v) is 12.8. The molecule has 0 atom stereocenters. The number of nitrogens with two attached hydrogens (primary N) is 1. The molecule has 0 aliphatic carbocycles. The number of urea groups is 1. The second-order valence-corrected chi connectivity index (χ2v) is 5.24. The summed E-state index contributed by atoms with van der Waals surface area (Å²) in [5.41, 5.74) is 7.69. The molecule has 8 nitrogen and oxygen atoms in total. The molecule has 1 aliphatic rings. The van der Waals surface area contributed by atoms with Crippen LogP contribution in [0, 0.1) is 0 Å². The van der Waals surface area contributed by atoms with Crippen molar-refractivity contribution in [3.8, 4) is 0 Å². The minimum absolute atomic E-state index is 0.129. The van der Waals surface area contributed by atoms with Crippen molar-refractivity contribution in [1.29, 1.82) is 0 Å². The molecule has 23 heavy (non-hydrogen) atoms. The predicted molar refractivity (Wildman–Crippen MR) is 87.2 cm³/mol. The van der Waals surface area contributed by atoms with Crippen molar-refractivity contribution in [3.63, 3.8) is 0 Å². The highest BCUT2D eigenvalue weighted by Crippen LogP contribution is 2.30. The van der Waals surface area contributed by atoms with E-state index < -0.39 is 0 Å². The van der Waals surface area contributed by atoms with Gasteiger partial charge in [0.1, 0.15) is 5.82 Å². The van der Waals surface area contributed by atoms with E-state index in [9.17, 15) is 9.59 Å². The second-order valence-electron chi connectivity index (χ2n) is 5.24. The number of nitrogen functional groups attached to an aromatic ring is 1. The Morgan fingerprint density at radius 3 is 2.91 bits per heavy atom. The van der Waals surface area contributed by atoms with Gasteiger partial charge in [-0.2, -0.15) is 4.98 Å². The summed E-state index contributed by atoms with van der Waals surface area (Å²) in [4.78, 5) is 34.9. The molecule has 3 rings (SSSR count). The number of carbonyl (C=O) groups is 2. The molecule has 118 valence electrons. The van der Waals surface area contributed by atoms with Crippen LogP contribution >= 0.6 is 0 Å². The van der Waals surface area contributed by atoms with E-state index in [2.05, 4.69) is 15.3 Å². The van der Waals surface area contributed by atoms with Crippen LogP contribution in [0.4, 0.5) is 27.9 Å². The Kier molecular flexibility index (Phi) is 3.57. The first-order valence-corrected chi connectivity index (χ1v) is 7.00. The van der Waals surface area contributed by atoms with Crippen LogP contribution in [-0.2, 0) is 11.3 Å². The molecular weight excluding hydrogens is 296 g/mol. The van der Waals surface area contributed by atoms with Crippen molar-refractivity contribution in [2.45, 2.75) is 13.5 Å². The lowest BCUT2D eigenvalue weighted by molar-refractivity contribution is -0.114. The van der Waals surface area contributed by atoms with Gasteiger partial charge in [-0.3, -0.25) is 14.6 Å². The van der Waals surface area contributed by atoms with E-state index in [1.807, 2.05) is 0 Å². The van der Waals surface area contributed by atoms with Gasteiger partial charge in [-0.1, -0.05) is 6.07 Å². The maximum atomic E-state index is 12.6. The van der Waals surface area contributed by atoms with Crippen LogP contribution in [0.15, 0.2) is 30.5 Å². The molecule has 8 heteroatoms. The molecule has 1 aliphatic heterocycles. The average Bonchev–Trinajstić information content (AvgIpc) is 2.51. The average molecular weight is 312 g/mol. The van der Waals surface area contributed by atoms with Gasteiger partial charge in [0.2, 0.25) is 11.9 Å². The van der Waals surface area contributed by atoms with Crippen molar-refractivity contribution < 1.29 is 9.59 Å². The van der Waals surface area contributed by atoms with Crippen molar-refractivity contribution in [1.82, 2.24) is 9.97 Å². The third-order valence-electron chi connectivity index (χ3n) is 3.50. The molecule has 2 heterocycles. The summed E-state index contributed by atoms with van der Waals surface area (Å²) < 4.78 is 0. The van der Waals surface area contributed by atoms with Gasteiger partial charge in [0.15, 0.2) is 0 Å². The van der Waals surface area contributed by atoms with E-state index in [0.29, 0.717) is 23.7 Å². The molecule has 0 unspecified atom stereocenters. The fraction of sp³-hybridized carbons (Fsp3) is 0.200. The Balaban J connectivity index is 1.96. The highest BCUT2D eigenvalue weighted by Gasteiger charge is 2.30. The number of nitrogens with one attached hydrogen (secondary N) is 1. The van der Waals surface area contributed by atoms with Crippen LogP contribution in [0.3, 0.4) is 0 Å². The van der Waals surface area contributed by atoms with Crippen molar-refractivity contribution in [2.24, 2.45) is 0 Å². The normalized spacial score (nSPS) is 13.7. The lowest BCUT2D eigenvalue weighted by atomic mass is 10.2. The number of benzene rings is 1. The van der Waals surface area contributed by atoms with E-state index in [-0.39, 0.29) is 17.9 Å². The summed E-state index contributed by atoms with van der Waals surface area (Å²) in [7, 11) is 1.64. The molecule has 1 aromatic carbocycles. The SMILES string of the molecule is CC(=O)Nc1cccc(N2Cc3cnc(N)nc3N(C)C2=O)c1. The van der Waals surface area contributed by atoms with Gasteiger partial charge in [-0.05, 0) is 18.2 Å². The van der Waals surface area contributed by atoms with Crippen LogP contribution < -0.4 is 20.9 Å². The minimum atomic E-state index is -0.226. The summed E-state index contributed by atoms with van der Waals surface area (Å²) in [5.74, 6) is 0.472. The number of hydrogen-bond donors (Lipinski definition) is 2. The first kappa shape index (κ1) is 14.8. The van der Waals surface area contributed by atoms with Gasteiger partial charge < -0.3 is 11.1 Å². The van der Waals surface area contributed by atoms with Gasteiger partial charge >= 0.3 is 6.03 Å². The fourth-order valence-electron chi connectivity index (χ4n) is 2.48. The Hall–Kier alpha value is -3.16. The number of anilines is 4. The summed E-state index contributed by atoms with van der Waals surface area (Å²) in [6, 6.07) is 6.87. The quantitative estimate of drug-likeness (QED) is 0.876. The molecule has 0 spiro atoms. The topological polar surface area (TPSA) is 104 Å². The number of hydrogen-bond acceptors (Lipinski definition) is 5. The highest BCUT2D eigenvalue weighted by atomic mass is 16.2. The maximum absolute atomic E-state index is 12.6. The molecular formula is C15H16N6O2. The third kappa shape index (κ3) is 2.78. The maximum Gasteiger partial charge on any atom is 0.330 e. The number of aromatic nitrogens is 2. The van der Waals surface area contributed by atoms with E-state index in [1.165, 1.54) is 11.8 Å². The lowest BCUT2D eigenvalue weighted by Crippen LogP contribution is -2.46. The van der Waals surface area contributed by atoms with E-state index >= 15 is 0 Å². The van der Waals surface area contributed by atoms with Gasteiger partial charge in [0, 0.05) is 37.1 Å². The monoisotopic (exact) mass is 312 g/mol. The van der Waals surface area contributed by atoms with Crippen molar-refractivity contribution >= 4 is 35.1 Å². The summed E-state index contributed by atoms with van der Waals surface area (Å²) >= 11 is 0.